The zero-order valence-corrected chi connectivity index (χ0v) is 28.4. The molecule has 1 aromatic carbocycles. The first-order valence-corrected chi connectivity index (χ1v) is 18.4. The number of carboxylic acids is 1. The van der Waals surface area contributed by atoms with Crippen molar-refractivity contribution in [3.8, 4) is 5.75 Å². The van der Waals surface area contributed by atoms with Gasteiger partial charge < -0.3 is 20.1 Å². The molecule has 5 fully saturated rings. The third-order valence-electron chi connectivity index (χ3n) is 12.5. The Hall–Kier alpha value is -3.55. The number of rotatable bonds is 7. The molecule has 0 radical (unpaired) electrons. The molecule has 14 heteroatoms. The van der Waals surface area contributed by atoms with Crippen LogP contribution < -0.4 is 15.0 Å². The van der Waals surface area contributed by atoms with E-state index in [9.17, 15) is 36.6 Å². The van der Waals surface area contributed by atoms with Crippen molar-refractivity contribution in [1.82, 2.24) is 20.2 Å². The van der Waals surface area contributed by atoms with Crippen LogP contribution in [0, 0.1) is 17.8 Å². The summed E-state index contributed by atoms with van der Waals surface area (Å²) >= 11 is 0. The lowest BCUT2D eigenvalue weighted by Gasteiger charge is -2.46. The molecule has 2 N–H and O–H groups in total. The molecule has 1 aromatic heterocycles. The zero-order chi connectivity index (χ0) is 35.7. The standard InChI is InChI=1S/C37H44F5N5O4/c38-36(39)19-46(20-36)25-3-5-26(6-4-25)51-27-7-8-30-29(16-27)35(9-1-2-10-35)18-47(30)34-43-17-28(31(45-34)37(40,41)42)32(48)44-24-14-21-11-22(15-24)13-23(12-21)33(49)50/h7-8,16-17,21-26H,1-6,9-15,18-20H2,(H,44,48)(H,49,50)/t21?,22?,23?,24?,25-,26-. The van der Waals surface area contributed by atoms with Gasteiger partial charge in [0.2, 0.25) is 5.95 Å². The second-order valence-electron chi connectivity index (χ2n) is 16.1. The SMILES string of the molecule is O=C(NC1CC2CC(C1)CC(C(=O)O)C2)c1cnc(N2CC3(CCCC3)c3cc(O[C@H]4CC[C@H](N5CC(F)(F)C5)CC4)ccc32)nc1C(F)(F)F. The van der Waals surface area contributed by atoms with Crippen LogP contribution in [0.3, 0.4) is 0 Å². The average Bonchev–Trinajstić information content (AvgIpc) is 3.67. The normalized spacial score (nSPS) is 31.2. The van der Waals surface area contributed by atoms with E-state index in [2.05, 4.69) is 15.3 Å². The Kier molecular flexibility index (Phi) is 8.69. The number of hydrogen-bond donors (Lipinski definition) is 2. The first-order chi connectivity index (χ1) is 24.2. The Balaban J connectivity index is 0.987. The van der Waals surface area contributed by atoms with Crippen molar-refractivity contribution in [3.05, 3.63) is 41.2 Å². The molecule has 1 saturated heterocycles. The summed E-state index contributed by atoms with van der Waals surface area (Å²) in [7, 11) is 0. The Morgan fingerprint density at radius 1 is 0.941 bits per heavy atom. The third-order valence-corrected chi connectivity index (χ3v) is 12.5. The maximum absolute atomic E-state index is 14.6. The second kappa shape index (κ2) is 12.8. The minimum Gasteiger partial charge on any atom is -0.490 e. The molecule has 4 aliphatic carbocycles. The minimum absolute atomic E-state index is 0.0376. The number of carbonyl (C=O) groups is 2. The number of likely N-dealkylation sites (tertiary alicyclic amines) is 1. The number of nitrogens with one attached hydrogen (secondary N) is 1. The molecule has 276 valence electrons. The van der Waals surface area contributed by atoms with E-state index in [1.54, 1.807) is 4.90 Å². The number of amides is 1. The summed E-state index contributed by atoms with van der Waals surface area (Å²) in [6, 6.07) is 5.50. The van der Waals surface area contributed by atoms with Crippen molar-refractivity contribution in [2.45, 2.75) is 119 Å². The number of hydrogen-bond acceptors (Lipinski definition) is 7. The van der Waals surface area contributed by atoms with Crippen molar-refractivity contribution in [3.63, 3.8) is 0 Å². The van der Waals surface area contributed by atoms with Gasteiger partial charge in [-0.05, 0) is 106 Å². The summed E-state index contributed by atoms with van der Waals surface area (Å²) in [4.78, 5) is 36.9. The van der Waals surface area contributed by atoms with E-state index < -0.39 is 41.2 Å². The highest BCUT2D eigenvalue weighted by Gasteiger charge is 2.49. The molecule has 9 nitrogen and oxygen atoms in total. The van der Waals surface area contributed by atoms with Gasteiger partial charge in [-0.2, -0.15) is 13.2 Å². The summed E-state index contributed by atoms with van der Waals surface area (Å²) < 4.78 is 76.8. The lowest BCUT2D eigenvalue weighted by Crippen LogP contribution is -2.60. The van der Waals surface area contributed by atoms with Gasteiger partial charge >= 0.3 is 12.1 Å². The van der Waals surface area contributed by atoms with Crippen molar-refractivity contribution in [2.75, 3.05) is 24.5 Å². The fraction of sp³-hybridized carbons (Fsp3) is 0.676. The van der Waals surface area contributed by atoms with Crippen LogP contribution in [-0.2, 0) is 16.4 Å². The largest absolute Gasteiger partial charge is 0.490 e. The monoisotopic (exact) mass is 717 g/mol. The third kappa shape index (κ3) is 6.77. The summed E-state index contributed by atoms with van der Waals surface area (Å²) in [5, 5.41) is 12.3. The summed E-state index contributed by atoms with van der Waals surface area (Å²) in [6.07, 6.45) is 5.87. The number of anilines is 2. The average molecular weight is 718 g/mol. The van der Waals surface area contributed by atoms with Crippen molar-refractivity contribution in [2.24, 2.45) is 17.8 Å². The van der Waals surface area contributed by atoms with Gasteiger partial charge in [0.25, 0.3) is 11.8 Å². The van der Waals surface area contributed by atoms with Crippen LogP contribution in [0.5, 0.6) is 5.75 Å². The molecule has 3 heterocycles. The number of aromatic nitrogens is 2. The first kappa shape index (κ1) is 34.5. The smallest absolute Gasteiger partial charge is 0.434 e. The van der Waals surface area contributed by atoms with Crippen LogP contribution in [0.1, 0.15) is 105 Å². The highest BCUT2D eigenvalue weighted by molar-refractivity contribution is 5.95. The fourth-order valence-electron chi connectivity index (χ4n) is 10.2. The summed E-state index contributed by atoms with van der Waals surface area (Å²) in [6.45, 7) is 0.0774. The summed E-state index contributed by atoms with van der Waals surface area (Å²) in [5.41, 5.74) is -0.461. The van der Waals surface area contributed by atoms with E-state index in [1.807, 2.05) is 23.1 Å². The van der Waals surface area contributed by atoms with Crippen LogP contribution in [0.4, 0.5) is 33.6 Å². The van der Waals surface area contributed by atoms with Gasteiger partial charge in [-0.25, -0.2) is 18.7 Å². The highest BCUT2D eigenvalue weighted by atomic mass is 19.4. The van der Waals surface area contributed by atoms with E-state index >= 15 is 0 Å². The molecule has 51 heavy (non-hydrogen) atoms. The van der Waals surface area contributed by atoms with E-state index in [-0.39, 0.29) is 54.5 Å². The zero-order valence-electron chi connectivity index (χ0n) is 28.4. The molecule has 2 aliphatic heterocycles. The first-order valence-electron chi connectivity index (χ1n) is 18.4. The van der Waals surface area contributed by atoms with Crippen molar-refractivity contribution < 1.29 is 41.4 Å². The molecule has 2 bridgehead atoms. The second-order valence-corrected chi connectivity index (χ2v) is 16.1. The van der Waals surface area contributed by atoms with E-state index in [0.29, 0.717) is 38.0 Å². The molecule has 2 atom stereocenters. The lowest BCUT2D eigenvalue weighted by molar-refractivity contribution is -0.151. The number of benzene rings is 1. The number of fused-ring (bicyclic) bond motifs is 4. The quantitative estimate of drug-likeness (QED) is 0.292. The number of halogens is 5. The van der Waals surface area contributed by atoms with Gasteiger partial charge in [0, 0.05) is 35.9 Å². The number of alkyl halides is 5. The van der Waals surface area contributed by atoms with Gasteiger partial charge in [0.1, 0.15) is 5.75 Å². The van der Waals surface area contributed by atoms with Gasteiger partial charge in [0.05, 0.1) is 30.7 Å². The molecular formula is C37H44F5N5O4. The van der Waals surface area contributed by atoms with Crippen LogP contribution in [-0.4, -0.2) is 75.6 Å². The number of ether oxygens (including phenoxy) is 1. The van der Waals surface area contributed by atoms with Crippen molar-refractivity contribution in [1.29, 1.82) is 0 Å². The molecule has 6 aliphatic rings. The predicted molar refractivity (Wildman–Crippen MR) is 176 cm³/mol. The molecule has 1 spiro atoms. The van der Waals surface area contributed by atoms with Gasteiger partial charge in [-0.15, -0.1) is 0 Å². The number of aliphatic carboxylic acids is 1. The molecule has 2 unspecified atom stereocenters. The van der Waals surface area contributed by atoms with Crippen LogP contribution in [0.25, 0.3) is 0 Å². The lowest BCUT2D eigenvalue weighted by atomic mass is 9.66. The van der Waals surface area contributed by atoms with E-state index in [4.69, 9.17) is 4.74 Å². The Morgan fingerprint density at radius 2 is 1.63 bits per heavy atom. The fourth-order valence-corrected chi connectivity index (χ4v) is 10.2. The molecule has 2 aromatic rings. The Morgan fingerprint density at radius 3 is 2.25 bits per heavy atom. The van der Waals surface area contributed by atoms with Crippen LogP contribution >= 0.6 is 0 Å². The van der Waals surface area contributed by atoms with Crippen molar-refractivity contribution >= 4 is 23.5 Å². The van der Waals surface area contributed by atoms with E-state index in [1.165, 1.54) is 0 Å². The van der Waals surface area contributed by atoms with Gasteiger partial charge in [-0.3, -0.25) is 14.5 Å². The summed E-state index contributed by atoms with van der Waals surface area (Å²) in [5.74, 6) is -3.89. The molecular weight excluding hydrogens is 673 g/mol. The Bertz CT molecular complexity index is 1650. The number of carbonyl (C=O) groups excluding carboxylic acids is 1. The molecule has 8 rings (SSSR count). The number of carboxylic acid groups (broad SMARTS) is 1. The molecule has 1 amide bonds. The van der Waals surface area contributed by atoms with Crippen LogP contribution in [0.2, 0.25) is 0 Å². The van der Waals surface area contributed by atoms with Gasteiger partial charge in [0.15, 0.2) is 5.69 Å². The maximum Gasteiger partial charge on any atom is 0.434 e. The van der Waals surface area contributed by atoms with Crippen LogP contribution in [0.15, 0.2) is 24.4 Å². The predicted octanol–water partition coefficient (Wildman–Crippen LogP) is 7.11. The highest BCUT2D eigenvalue weighted by Crippen LogP contribution is 2.53. The maximum atomic E-state index is 14.6. The number of nitrogens with zero attached hydrogens (tertiary/aromatic N) is 4. The minimum atomic E-state index is -4.90. The van der Waals surface area contributed by atoms with E-state index in [0.717, 1.165) is 75.2 Å². The topological polar surface area (TPSA) is 108 Å². The Labute approximate surface area is 293 Å². The van der Waals surface area contributed by atoms with Gasteiger partial charge in [-0.1, -0.05) is 12.8 Å². The molecule has 4 saturated carbocycles.